The average molecular weight is 411 g/mol. The van der Waals surface area contributed by atoms with E-state index in [0.717, 1.165) is 40.5 Å². The smallest absolute Gasteiger partial charge is 0.161 e. The minimum absolute atomic E-state index is 0.0384. The maximum atomic E-state index is 5.99. The van der Waals surface area contributed by atoms with Crippen LogP contribution in [0.3, 0.4) is 0 Å². The molecule has 132 valence electrons. The number of hydrogen-bond donors (Lipinski definition) is 0. The molecule has 1 fully saturated rings. The first-order valence-corrected chi connectivity index (χ1v) is 9.36. The molecule has 5 nitrogen and oxygen atoms in total. The molecule has 3 aromatic rings. The van der Waals surface area contributed by atoms with Crippen LogP contribution in [0.4, 0.5) is 5.82 Å². The van der Waals surface area contributed by atoms with Crippen LogP contribution in [-0.2, 0) is 4.74 Å². The van der Waals surface area contributed by atoms with Gasteiger partial charge in [-0.2, -0.15) is 0 Å². The topological polar surface area (TPSA) is 51.1 Å². The van der Waals surface area contributed by atoms with Gasteiger partial charge in [0.05, 0.1) is 6.61 Å². The molecular weight excluding hydrogens is 392 g/mol. The van der Waals surface area contributed by atoms with Gasteiger partial charge < -0.3 is 9.64 Å². The van der Waals surface area contributed by atoms with Crippen LogP contribution in [0.15, 0.2) is 59.3 Å². The molecule has 0 spiro atoms. The van der Waals surface area contributed by atoms with Crippen molar-refractivity contribution in [2.45, 2.75) is 13.0 Å². The molecule has 0 bridgehead atoms. The average Bonchev–Trinajstić information content (AvgIpc) is 2.69. The van der Waals surface area contributed by atoms with Crippen molar-refractivity contribution in [1.82, 2.24) is 15.0 Å². The minimum Gasteiger partial charge on any atom is -0.370 e. The molecule has 0 N–H and O–H groups in total. The molecule has 6 heteroatoms. The van der Waals surface area contributed by atoms with Gasteiger partial charge >= 0.3 is 0 Å². The van der Waals surface area contributed by atoms with E-state index < -0.39 is 0 Å². The molecule has 1 aliphatic heterocycles. The van der Waals surface area contributed by atoms with Gasteiger partial charge in [0.1, 0.15) is 11.9 Å². The Morgan fingerprint density at radius 1 is 1.08 bits per heavy atom. The van der Waals surface area contributed by atoms with E-state index in [1.165, 1.54) is 5.56 Å². The predicted molar refractivity (Wildman–Crippen MR) is 105 cm³/mol. The van der Waals surface area contributed by atoms with Gasteiger partial charge in [-0.15, -0.1) is 0 Å². The van der Waals surface area contributed by atoms with Gasteiger partial charge in [-0.25, -0.2) is 9.97 Å². The molecule has 26 heavy (non-hydrogen) atoms. The summed E-state index contributed by atoms with van der Waals surface area (Å²) in [7, 11) is 0. The SMILES string of the molecule is Cc1cc(N2CCOC(c3ccc(Br)cc3)C2)nc(-c2ccncc2)n1. The third-order valence-corrected chi connectivity index (χ3v) is 4.94. The number of hydrogen-bond acceptors (Lipinski definition) is 5. The number of nitrogens with zero attached hydrogens (tertiary/aromatic N) is 4. The van der Waals surface area contributed by atoms with E-state index >= 15 is 0 Å². The Bertz CT molecular complexity index is 886. The second-order valence-corrected chi connectivity index (χ2v) is 7.20. The zero-order chi connectivity index (χ0) is 17.9. The number of anilines is 1. The summed E-state index contributed by atoms with van der Waals surface area (Å²) in [6.45, 7) is 4.27. The van der Waals surface area contributed by atoms with E-state index in [4.69, 9.17) is 9.72 Å². The van der Waals surface area contributed by atoms with Crippen LogP contribution in [0.2, 0.25) is 0 Å². The Morgan fingerprint density at radius 2 is 1.85 bits per heavy atom. The number of aryl methyl sites for hydroxylation is 1. The highest BCUT2D eigenvalue weighted by Crippen LogP contribution is 2.27. The lowest BCUT2D eigenvalue weighted by molar-refractivity contribution is 0.0395. The number of aromatic nitrogens is 3. The Balaban J connectivity index is 1.60. The van der Waals surface area contributed by atoms with E-state index in [9.17, 15) is 0 Å². The summed E-state index contributed by atoms with van der Waals surface area (Å²) in [6.07, 6.45) is 3.56. The minimum atomic E-state index is 0.0384. The maximum Gasteiger partial charge on any atom is 0.161 e. The van der Waals surface area contributed by atoms with Crippen molar-refractivity contribution in [2.75, 3.05) is 24.6 Å². The van der Waals surface area contributed by atoms with Crippen molar-refractivity contribution in [3.8, 4) is 11.4 Å². The molecule has 2 aromatic heterocycles. The highest BCUT2D eigenvalue weighted by atomic mass is 79.9. The van der Waals surface area contributed by atoms with Crippen molar-refractivity contribution in [2.24, 2.45) is 0 Å². The van der Waals surface area contributed by atoms with Gasteiger partial charge in [0.15, 0.2) is 5.82 Å². The van der Waals surface area contributed by atoms with Gasteiger partial charge in [0.25, 0.3) is 0 Å². The zero-order valence-corrected chi connectivity index (χ0v) is 16.1. The monoisotopic (exact) mass is 410 g/mol. The van der Waals surface area contributed by atoms with E-state index in [1.54, 1.807) is 12.4 Å². The lowest BCUT2D eigenvalue weighted by Gasteiger charge is -2.34. The number of halogens is 1. The standard InChI is InChI=1S/C20H19BrN4O/c1-14-12-19(24-20(23-14)16-6-8-22-9-7-16)25-10-11-26-18(13-25)15-2-4-17(21)5-3-15/h2-9,12,18H,10-11,13H2,1H3. The van der Waals surface area contributed by atoms with Gasteiger partial charge in [0.2, 0.25) is 0 Å². The number of benzene rings is 1. The molecule has 3 heterocycles. The molecule has 1 aliphatic rings. The maximum absolute atomic E-state index is 5.99. The predicted octanol–water partition coefficient (Wildman–Crippen LogP) is 4.19. The molecule has 4 rings (SSSR count). The summed E-state index contributed by atoms with van der Waals surface area (Å²) in [5, 5.41) is 0. The lowest BCUT2D eigenvalue weighted by Crippen LogP contribution is -2.39. The third kappa shape index (κ3) is 3.76. The summed E-state index contributed by atoms with van der Waals surface area (Å²) in [5.41, 5.74) is 3.11. The number of morpholine rings is 1. The van der Waals surface area contributed by atoms with Crippen LogP contribution in [-0.4, -0.2) is 34.6 Å². The first-order valence-electron chi connectivity index (χ1n) is 8.57. The molecule has 1 saturated heterocycles. The summed E-state index contributed by atoms with van der Waals surface area (Å²) >= 11 is 3.48. The van der Waals surface area contributed by atoms with Gasteiger partial charge in [0, 0.05) is 47.3 Å². The van der Waals surface area contributed by atoms with Crippen molar-refractivity contribution >= 4 is 21.7 Å². The molecule has 0 saturated carbocycles. The van der Waals surface area contributed by atoms with Crippen LogP contribution in [0.1, 0.15) is 17.4 Å². The first kappa shape index (κ1) is 17.1. The molecule has 0 aliphatic carbocycles. The van der Waals surface area contributed by atoms with E-state index in [-0.39, 0.29) is 6.10 Å². The van der Waals surface area contributed by atoms with Crippen LogP contribution >= 0.6 is 15.9 Å². The van der Waals surface area contributed by atoms with Crippen molar-refractivity contribution in [1.29, 1.82) is 0 Å². The molecule has 1 aromatic carbocycles. The van der Waals surface area contributed by atoms with Crippen molar-refractivity contribution in [3.05, 3.63) is 70.6 Å². The number of ether oxygens (including phenoxy) is 1. The van der Waals surface area contributed by atoms with Crippen LogP contribution in [0.25, 0.3) is 11.4 Å². The number of pyridine rings is 1. The van der Waals surface area contributed by atoms with Crippen molar-refractivity contribution in [3.63, 3.8) is 0 Å². The third-order valence-electron chi connectivity index (χ3n) is 4.41. The van der Waals surface area contributed by atoms with Gasteiger partial charge in [-0.05, 0) is 36.8 Å². The molecular formula is C20H19BrN4O. The molecule has 0 amide bonds. The highest BCUT2D eigenvalue weighted by Gasteiger charge is 2.23. The second-order valence-electron chi connectivity index (χ2n) is 6.28. The summed E-state index contributed by atoms with van der Waals surface area (Å²) in [6, 6.07) is 14.2. The van der Waals surface area contributed by atoms with Crippen LogP contribution in [0, 0.1) is 6.92 Å². The molecule has 1 atom stereocenters. The lowest BCUT2D eigenvalue weighted by atomic mass is 10.1. The van der Waals surface area contributed by atoms with E-state index in [0.29, 0.717) is 6.61 Å². The molecule has 0 radical (unpaired) electrons. The van der Waals surface area contributed by atoms with E-state index in [1.807, 2.05) is 37.3 Å². The fraction of sp³-hybridized carbons (Fsp3) is 0.250. The molecule has 1 unspecified atom stereocenters. The zero-order valence-electron chi connectivity index (χ0n) is 14.5. The summed E-state index contributed by atoms with van der Waals surface area (Å²) in [4.78, 5) is 15.7. The highest BCUT2D eigenvalue weighted by molar-refractivity contribution is 9.10. The second kappa shape index (κ2) is 7.51. The Hall–Kier alpha value is -2.31. The van der Waals surface area contributed by atoms with Crippen LogP contribution in [0.5, 0.6) is 0 Å². The van der Waals surface area contributed by atoms with Gasteiger partial charge in [-0.3, -0.25) is 4.98 Å². The first-order chi connectivity index (χ1) is 12.7. The Morgan fingerprint density at radius 3 is 2.62 bits per heavy atom. The normalized spacial score (nSPS) is 17.3. The largest absolute Gasteiger partial charge is 0.370 e. The quantitative estimate of drug-likeness (QED) is 0.647. The number of rotatable bonds is 3. The summed E-state index contributed by atoms with van der Waals surface area (Å²) < 4.78 is 7.06. The van der Waals surface area contributed by atoms with Crippen molar-refractivity contribution < 1.29 is 4.74 Å². The van der Waals surface area contributed by atoms with Crippen LogP contribution < -0.4 is 4.90 Å². The summed E-state index contributed by atoms with van der Waals surface area (Å²) in [5.74, 6) is 1.67. The fourth-order valence-electron chi connectivity index (χ4n) is 3.08. The van der Waals surface area contributed by atoms with E-state index in [2.05, 4.69) is 42.9 Å². The Labute approximate surface area is 161 Å². The Kier molecular flexibility index (Phi) is 4.95. The fourth-order valence-corrected chi connectivity index (χ4v) is 3.34. The van der Waals surface area contributed by atoms with Gasteiger partial charge in [-0.1, -0.05) is 28.1 Å².